The lowest BCUT2D eigenvalue weighted by atomic mass is 9.89. The van der Waals surface area contributed by atoms with E-state index in [1.54, 1.807) is 0 Å². The molecular weight excluding hydrogens is 350 g/mol. The smallest absolute Gasteiger partial charge is 0.245 e. The van der Waals surface area contributed by atoms with Gasteiger partial charge in [-0.15, -0.1) is 0 Å². The normalized spacial score (nSPS) is 19.5. The number of hydrogen-bond donors (Lipinski definition) is 2. The van der Waals surface area contributed by atoms with E-state index in [1.807, 2.05) is 31.7 Å². The van der Waals surface area contributed by atoms with Crippen molar-refractivity contribution in [3.05, 3.63) is 35.9 Å². The molecule has 1 fully saturated rings. The van der Waals surface area contributed by atoms with Crippen molar-refractivity contribution in [3.63, 3.8) is 0 Å². The van der Waals surface area contributed by atoms with Gasteiger partial charge in [0.05, 0.1) is 0 Å². The summed E-state index contributed by atoms with van der Waals surface area (Å²) in [7, 11) is 0. The van der Waals surface area contributed by atoms with Crippen LogP contribution in [0.5, 0.6) is 0 Å². The summed E-state index contributed by atoms with van der Waals surface area (Å²) in [6.45, 7) is 9.25. The van der Waals surface area contributed by atoms with Gasteiger partial charge in [0.15, 0.2) is 0 Å². The van der Waals surface area contributed by atoms with E-state index in [0.717, 1.165) is 38.8 Å². The van der Waals surface area contributed by atoms with Crippen molar-refractivity contribution in [1.29, 1.82) is 0 Å². The number of nitrogens with two attached hydrogens (primary N) is 1. The van der Waals surface area contributed by atoms with Gasteiger partial charge in [-0.1, -0.05) is 57.5 Å². The fourth-order valence-corrected chi connectivity index (χ4v) is 3.71. The molecule has 0 radical (unpaired) electrons. The lowest BCUT2D eigenvalue weighted by Gasteiger charge is -2.36. The Bertz CT molecular complexity index is 624. The minimum atomic E-state index is -0.468. The van der Waals surface area contributed by atoms with Gasteiger partial charge >= 0.3 is 0 Å². The topological polar surface area (TPSA) is 75.4 Å². The molecule has 0 aromatic heterocycles. The predicted molar refractivity (Wildman–Crippen MR) is 114 cm³/mol. The molecule has 156 valence electrons. The summed E-state index contributed by atoms with van der Waals surface area (Å²) in [5.41, 5.74) is 7.23. The molecule has 1 aromatic carbocycles. The third-order valence-corrected chi connectivity index (χ3v) is 6.27. The van der Waals surface area contributed by atoms with Crippen LogP contribution in [0.4, 0.5) is 0 Å². The maximum atomic E-state index is 13.2. The molecule has 0 spiro atoms. The molecule has 3 N–H and O–H groups in total. The van der Waals surface area contributed by atoms with Crippen molar-refractivity contribution in [3.8, 4) is 0 Å². The molecule has 0 saturated carbocycles. The second-order valence-electron chi connectivity index (χ2n) is 8.48. The predicted octanol–water partition coefficient (Wildman–Crippen LogP) is 2.98. The highest BCUT2D eigenvalue weighted by Crippen LogP contribution is 2.23. The van der Waals surface area contributed by atoms with Crippen molar-refractivity contribution < 1.29 is 9.59 Å². The highest BCUT2D eigenvalue weighted by molar-refractivity contribution is 5.89. The van der Waals surface area contributed by atoms with Gasteiger partial charge < -0.3 is 16.0 Å². The molecule has 1 heterocycles. The fourth-order valence-electron chi connectivity index (χ4n) is 3.71. The molecule has 2 rings (SSSR count). The third kappa shape index (κ3) is 6.06. The van der Waals surface area contributed by atoms with E-state index in [4.69, 9.17) is 5.73 Å². The average molecular weight is 388 g/mol. The highest BCUT2D eigenvalue weighted by atomic mass is 16.2. The van der Waals surface area contributed by atoms with Crippen molar-refractivity contribution in [2.45, 2.75) is 65.5 Å². The molecule has 0 aliphatic carbocycles. The molecule has 1 aliphatic heterocycles. The number of carbonyl (C=O) groups excluding carboxylic acids is 2. The van der Waals surface area contributed by atoms with Crippen LogP contribution in [0, 0.1) is 17.8 Å². The largest absolute Gasteiger partial charge is 0.344 e. The Morgan fingerprint density at radius 2 is 1.75 bits per heavy atom. The Morgan fingerprint density at radius 3 is 2.29 bits per heavy atom. The Labute approximate surface area is 170 Å². The van der Waals surface area contributed by atoms with E-state index in [9.17, 15) is 9.59 Å². The van der Waals surface area contributed by atoms with Crippen LogP contribution in [0.15, 0.2) is 30.3 Å². The summed E-state index contributed by atoms with van der Waals surface area (Å²) in [6.07, 6.45) is 3.93. The minimum absolute atomic E-state index is 0.0535. The molecule has 0 bridgehead atoms. The number of nitrogens with zero attached hydrogens (tertiary/aromatic N) is 1. The lowest BCUT2D eigenvalue weighted by Crippen LogP contribution is -2.55. The zero-order valence-corrected chi connectivity index (χ0v) is 17.9. The quantitative estimate of drug-likeness (QED) is 0.720. The number of benzene rings is 1. The average Bonchev–Trinajstić information content (AvgIpc) is 2.71. The molecule has 1 aromatic rings. The first-order valence-electron chi connectivity index (χ1n) is 10.7. The van der Waals surface area contributed by atoms with E-state index in [0.29, 0.717) is 5.92 Å². The van der Waals surface area contributed by atoms with Crippen LogP contribution in [0.3, 0.4) is 0 Å². The second kappa shape index (κ2) is 10.6. The van der Waals surface area contributed by atoms with Gasteiger partial charge in [0.2, 0.25) is 11.8 Å². The van der Waals surface area contributed by atoms with E-state index in [-0.39, 0.29) is 29.7 Å². The summed E-state index contributed by atoms with van der Waals surface area (Å²) in [4.78, 5) is 27.6. The number of rotatable bonds is 8. The zero-order valence-electron chi connectivity index (χ0n) is 17.9. The molecule has 1 aliphatic rings. The number of amides is 2. The molecule has 5 heteroatoms. The van der Waals surface area contributed by atoms with Crippen LogP contribution in [0.1, 0.15) is 52.5 Å². The third-order valence-electron chi connectivity index (χ3n) is 6.27. The Morgan fingerprint density at radius 1 is 1.14 bits per heavy atom. The standard InChI is InChI=1S/C23H37N3O2/c1-5-16(2)21(25-22(27)17(3)18(4)24)23(28)26-13-11-20(12-14-26)15-19-9-7-6-8-10-19/h6-10,16-18,20-21H,5,11-15,24H2,1-4H3,(H,25,27). The summed E-state index contributed by atoms with van der Waals surface area (Å²) in [5.74, 6) is 0.321. The van der Waals surface area contributed by atoms with Gasteiger partial charge in [-0.3, -0.25) is 9.59 Å². The van der Waals surface area contributed by atoms with Crippen LogP contribution in [0.2, 0.25) is 0 Å². The number of nitrogens with one attached hydrogen (secondary N) is 1. The molecule has 1 saturated heterocycles. The van der Waals surface area contributed by atoms with E-state index >= 15 is 0 Å². The van der Waals surface area contributed by atoms with E-state index < -0.39 is 6.04 Å². The van der Waals surface area contributed by atoms with Crippen molar-refractivity contribution in [2.75, 3.05) is 13.1 Å². The molecule has 4 unspecified atom stereocenters. The highest BCUT2D eigenvalue weighted by Gasteiger charge is 2.33. The number of likely N-dealkylation sites (tertiary alicyclic amines) is 1. The zero-order chi connectivity index (χ0) is 20.7. The van der Waals surface area contributed by atoms with Crippen molar-refractivity contribution >= 4 is 11.8 Å². The maximum Gasteiger partial charge on any atom is 0.245 e. The van der Waals surface area contributed by atoms with Gasteiger partial charge in [-0.25, -0.2) is 0 Å². The Hall–Kier alpha value is -1.88. The molecule has 4 atom stereocenters. The summed E-state index contributed by atoms with van der Waals surface area (Å²) < 4.78 is 0. The second-order valence-corrected chi connectivity index (χ2v) is 8.48. The summed E-state index contributed by atoms with van der Waals surface area (Å²) in [5, 5.41) is 2.99. The van der Waals surface area contributed by atoms with Gasteiger partial charge in [0.1, 0.15) is 6.04 Å². The summed E-state index contributed by atoms with van der Waals surface area (Å²) >= 11 is 0. The van der Waals surface area contributed by atoms with Crippen molar-refractivity contribution in [2.24, 2.45) is 23.5 Å². The van der Waals surface area contributed by atoms with Gasteiger partial charge in [-0.05, 0) is 43.6 Å². The van der Waals surface area contributed by atoms with E-state index in [2.05, 4.69) is 36.5 Å². The van der Waals surface area contributed by atoms with Crippen LogP contribution >= 0.6 is 0 Å². The Balaban J connectivity index is 1.94. The molecular formula is C23H37N3O2. The molecule has 2 amide bonds. The summed E-state index contributed by atoms with van der Waals surface area (Å²) in [6, 6.07) is 9.84. The molecule has 28 heavy (non-hydrogen) atoms. The van der Waals surface area contributed by atoms with Crippen LogP contribution in [-0.4, -0.2) is 41.9 Å². The first-order valence-corrected chi connectivity index (χ1v) is 10.7. The van der Waals surface area contributed by atoms with Crippen molar-refractivity contribution in [1.82, 2.24) is 10.2 Å². The molecule has 5 nitrogen and oxygen atoms in total. The minimum Gasteiger partial charge on any atom is -0.344 e. The number of hydrogen-bond acceptors (Lipinski definition) is 3. The maximum absolute atomic E-state index is 13.2. The Kier molecular flexibility index (Phi) is 8.49. The van der Waals surface area contributed by atoms with E-state index in [1.165, 1.54) is 5.56 Å². The van der Waals surface area contributed by atoms with Gasteiger partial charge in [0, 0.05) is 25.0 Å². The SMILES string of the molecule is CCC(C)C(NC(=O)C(C)C(C)N)C(=O)N1CCC(Cc2ccccc2)CC1. The van der Waals surface area contributed by atoms with Gasteiger partial charge in [0.25, 0.3) is 0 Å². The monoisotopic (exact) mass is 387 g/mol. The first-order chi connectivity index (χ1) is 13.3. The first kappa shape index (κ1) is 22.4. The van der Waals surface area contributed by atoms with Crippen LogP contribution in [0.25, 0.3) is 0 Å². The number of piperidine rings is 1. The fraction of sp³-hybridized carbons (Fsp3) is 0.652. The lowest BCUT2D eigenvalue weighted by molar-refractivity contribution is -0.140. The van der Waals surface area contributed by atoms with Gasteiger partial charge in [-0.2, -0.15) is 0 Å². The van der Waals surface area contributed by atoms with Crippen LogP contribution in [-0.2, 0) is 16.0 Å². The number of carbonyl (C=O) groups is 2. The van der Waals surface area contributed by atoms with Crippen LogP contribution < -0.4 is 11.1 Å².